The van der Waals surface area contributed by atoms with E-state index < -0.39 is 30.0 Å². The van der Waals surface area contributed by atoms with E-state index >= 15 is 0 Å². The second-order valence-electron chi connectivity index (χ2n) is 17.8. The number of rotatable bonds is 14. The molecular weight excluding hydrogens is 841 g/mol. The Morgan fingerprint density at radius 1 is 1.03 bits per heavy atom. The van der Waals surface area contributed by atoms with Crippen LogP contribution < -0.4 is 21.6 Å². The lowest BCUT2D eigenvalue weighted by atomic mass is 9.86. The van der Waals surface area contributed by atoms with Crippen LogP contribution in [0.1, 0.15) is 91.6 Å². The number of aryl methyl sites for hydroxylation is 1. The molecule has 2 saturated carbocycles. The number of piperidine rings is 1. The van der Waals surface area contributed by atoms with Crippen molar-refractivity contribution in [2.45, 2.75) is 76.0 Å². The fourth-order valence-corrected chi connectivity index (χ4v) is 9.19. The van der Waals surface area contributed by atoms with Gasteiger partial charge >= 0.3 is 5.69 Å². The number of hydrogen-bond acceptors (Lipinski definition) is 12. The van der Waals surface area contributed by atoms with Gasteiger partial charge in [-0.25, -0.2) is 23.5 Å². The van der Waals surface area contributed by atoms with Crippen LogP contribution in [0, 0.1) is 23.7 Å². The van der Waals surface area contributed by atoms with Crippen LogP contribution in [-0.2, 0) is 21.4 Å². The lowest BCUT2D eigenvalue weighted by Crippen LogP contribution is -2.47. The van der Waals surface area contributed by atoms with Gasteiger partial charge in [0.15, 0.2) is 11.4 Å². The molecule has 17 nitrogen and oxygen atoms in total. The number of imidazole rings is 1. The molecule has 2 saturated heterocycles. The minimum absolute atomic E-state index is 0.0153. The van der Waals surface area contributed by atoms with Gasteiger partial charge in [-0.2, -0.15) is 5.10 Å². The van der Waals surface area contributed by atoms with Gasteiger partial charge in [0.2, 0.25) is 17.7 Å². The normalized spacial score (nSPS) is 21.7. The first kappa shape index (κ1) is 44.0. The Kier molecular flexibility index (Phi) is 12.9. The van der Waals surface area contributed by atoms with Crippen LogP contribution in [-0.4, -0.2) is 115 Å². The van der Waals surface area contributed by atoms with Crippen molar-refractivity contribution < 1.29 is 32.3 Å². The first-order valence-corrected chi connectivity index (χ1v) is 22.4. The number of nitrogens with one attached hydrogen (secondary N) is 3. The van der Waals surface area contributed by atoms with E-state index in [1.165, 1.54) is 34.4 Å². The van der Waals surface area contributed by atoms with Gasteiger partial charge in [0.1, 0.15) is 18.1 Å². The monoisotopic (exact) mass is 893 g/mol. The molecule has 65 heavy (non-hydrogen) atoms. The number of hydrogen-bond donors (Lipinski definition) is 3. The number of nitrogens with zero attached hydrogens (tertiary/aromatic N) is 8. The molecule has 0 radical (unpaired) electrons. The third-order valence-corrected chi connectivity index (χ3v) is 12.9. The fraction of sp³-hybridized carbons (Fsp3) is 0.500. The van der Waals surface area contributed by atoms with E-state index in [1.807, 2.05) is 12.1 Å². The van der Waals surface area contributed by atoms with Crippen molar-refractivity contribution in [3.05, 3.63) is 76.4 Å². The molecule has 1 unspecified atom stereocenters. The average Bonchev–Trinajstić information content (AvgIpc) is 3.71. The zero-order valence-electron chi connectivity index (χ0n) is 36.5. The summed E-state index contributed by atoms with van der Waals surface area (Å²) in [6.07, 6.45) is 7.71. The van der Waals surface area contributed by atoms with Crippen LogP contribution >= 0.6 is 0 Å². The average molecular weight is 894 g/mol. The molecule has 0 bridgehead atoms. The Balaban J connectivity index is 0.738. The summed E-state index contributed by atoms with van der Waals surface area (Å²) in [5, 5.41) is 12.5. The molecule has 3 amide bonds. The number of benzene rings is 1. The van der Waals surface area contributed by atoms with Crippen LogP contribution in [0.15, 0.2) is 58.2 Å². The Morgan fingerprint density at radius 3 is 2.63 bits per heavy atom. The number of morpholine rings is 1. The summed E-state index contributed by atoms with van der Waals surface area (Å²) >= 11 is 0. The van der Waals surface area contributed by atoms with E-state index in [1.54, 1.807) is 36.1 Å². The minimum atomic E-state index is -2.88. The molecule has 19 heteroatoms. The van der Waals surface area contributed by atoms with Gasteiger partial charge in [-0.1, -0.05) is 11.8 Å². The van der Waals surface area contributed by atoms with Crippen LogP contribution in [0.5, 0.6) is 0 Å². The van der Waals surface area contributed by atoms with Crippen molar-refractivity contribution in [2.75, 3.05) is 63.6 Å². The first-order chi connectivity index (χ1) is 31.4. The van der Waals surface area contributed by atoms with Crippen molar-refractivity contribution in [2.24, 2.45) is 18.9 Å². The van der Waals surface area contributed by atoms with E-state index in [-0.39, 0.29) is 53.9 Å². The first-order valence-electron chi connectivity index (χ1n) is 22.4. The molecule has 5 aromatic rings. The van der Waals surface area contributed by atoms with Crippen molar-refractivity contribution >= 4 is 40.3 Å². The van der Waals surface area contributed by atoms with Crippen LogP contribution in [0.3, 0.4) is 0 Å². The number of ether oxygens (including phenoxy) is 1. The molecule has 1 aromatic carbocycles. The molecule has 2 aliphatic carbocycles. The number of pyridine rings is 1. The van der Waals surface area contributed by atoms with Gasteiger partial charge in [0.05, 0.1) is 42.0 Å². The van der Waals surface area contributed by atoms with Gasteiger partial charge in [-0.15, -0.1) is 0 Å². The highest BCUT2D eigenvalue weighted by Gasteiger charge is 2.32. The molecule has 9 rings (SSSR count). The molecule has 2 aliphatic heterocycles. The maximum absolute atomic E-state index is 14.2. The number of carbonyl (C=O) groups excluding carboxylic acids is 3. The molecule has 4 fully saturated rings. The highest BCUT2D eigenvalue weighted by atomic mass is 19.3. The molecule has 342 valence electrons. The summed E-state index contributed by atoms with van der Waals surface area (Å²) < 4.78 is 44.7. The SMILES string of the molecule is CN(CC1CCC(n2cc(NC(=O)c3coc(-c4ccnc(NCC5CC5)c4)n3)c(C(F)F)n2)CC1)C[C@H]1CN(CC#Cc2ccc3c(c2)n(C)c(=O)n3C2CCC(=O)NC2=O)CCO1. The van der Waals surface area contributed by atoms with Crippen molar-refractivity contribution in [3.63, 3.8) is 0 Å². The van der Waals surface area contributed by atoms with Gasteiger partial charge in [-0.3, -0.25) is 38.4 Å². The largest absolute Gasteiger partial charge is 0.444 e. The van der Waals surface area contributed by atoms with Crippen LogP contribution in [0.2, 0.25) is 0 Å². The molecule has 6 heterocycles. The lowest BCUT2D eigenvalue weighted by molar-refractivity contribution is -0.135. The van der Waals surface area contributed by atoms with Crippen molar-refractivity contribution in [1.29, 1.82) is 0 Å². The third kappa shape index (κ3) is 10.2. The maximum Gasteiger partial charge on any atom is 0.329 e. The molecular formula is C46H53F2N11O6. The van der Waals surface area contributed by atoms with E-state index in [9.17, 15) is 28.0 Å². The summed E-state index contributed by atoms with van der Waals surface area (Å²) in [5.74, 6) is 7.05. The second-order valence-corrected chi connectivity index (χ2v) is 17.8. The van der Waals surface area contributed by atoms with E-state index in [0.717, 1.165) is 64.0 Å². The number of alkyl halides is 2. The maximum atomic E-state index is 14.2. The fourth-order valence-electron chi connectivity index (χ4n) is 9.19. The standard InChI is InChI=1S/C46H53F2N11O6/c1-55(24-33-25-57(18-19-64-33)17-3-4-28-9-12-36-38(20-28)56(2)46(63)59(36)37-13-14-40(60)53-44(37)62)23-30-7-10-32(11-8-30)58-26-34(41(54-58)42(47)48)51-43(61)35-27-65-45(52-35)31-15-16-49-39(21-31)50-22-29-5-6-29/h9,12,15-16,20-21,26-27,29-30,32-33,37,42H,5-8,10-11,13-14,17-19,22-25H2,1-2H3,(H,49,50)(H,51,61)(H,53,60,62)/t30?,32?,33-,37?/m0/s1. The molecule has 2 atom stereocenters. The van der Waals surface area contributed by atoms with Crippen LogP contribution in [0.4, 0.5) is 20.3 Å². The topological polar surface area (TPSA) is 187 Å². The number of carbonyl (C=O) groups is 3. The van der Waals surface area contributed by atoms with E-state index in [0.29, 0.717) is 47.4 Å². The Labute approximate surface area is 373 Å². The number of anilines is 2. The summed E-state index contributed by atoms with van der Waals surface area (Å²) in [4.78, 5) is 63.8. The summed E-state index contributed by atoms with van der Waals surface area (Å²) in [7, 11) is 3.76. The number of fused-ring (bicyclic) bond motifs is 1. The predicted octanol–water partition coefficient (Wildman–Crippen LogP) is 4.99. The Morgan fingerprint density at radius 2 is 1.85 bits per heavy atom. The number of halogens is 2. The summed E-state index contributed by atoms with van der Waals surface area (Å²) in [6.45, 7) is 5.13. The molecule has 4 aromatic heterocycles. The third-order valence-electron chi connectivity index (χ3n) is 12.9. The highest BCUT2D eigenvalue weighted by Crippen LogP contribution is 2.36. The highest BCUT2D eigenvalue weighted by molar-refractivity contribution is 6.03. The summed E-state index contributed by atoms with van der Waals surface area (Å²) in [6, 6.07) is 8.22. The van der Waals surface area contributed by atoms with Crippen molar-refractivity contribution in [3.8, 4) is 23.3 Å². The van der Waals surface area contributed by atoms with Crippen molar-refractivity contribution in [1.82, 2.24) is 44.0 Å². The quantitative estimate of drug-likeness (QED) is 0.100. The smallest absolute Gasteiger partial charge is 0.329 e. The number of aromatic nitrogens is 6. The lowest BCUT2D eigenvalue weighted by Gasteiger charge is -2.36. The molecule has 3 N–H and O–H groups in total. The summed E-state index contributed by atoms with van der Waals surface area (Å²) in [5.41, 5.74) is 1.80. The zero-order chi connectivity index (χ0) is 45.2. The van der Waals surface area contributed by atoms with E-state index in [2.05, 4.69) is 59.7 Å². The number of amides is 3. The van der Waals surface area contributed by atoms with Gasteiger partial charge in [-0.05, 0) is 94.2 Å². The van der Waals surface area contributed by atoms with Crippen LogP contribution in [0.25, 0.3) is 22.5 Å². The number of likely N-dealkylation sites (N-methyl/N-ethyl adjacent to an activating group) is 1. The number of oxazole rings is 1. The minimum Gasteiger partial charge on any atom is -0.444 e. The molecule has 0 spiro atoms. The Hall–Kier alpha value is -6.23. The van der Waals surface area contributed by atoms with Gasteiger partial charge < -0.3 is 24.7 Å². The Bertz CT molecular complexity index is 2680. The van der Waals surface area contributed by atoms with Gasteiger partial charge in [0.25, 0.3) is 12.3 Å². The zero-order valence-corrected chi connectivity index (χ0v) is 36.5. The molecule has 4 aliphatic rings. The second kappa shape index (κ2) is 19.1. The van der Waals surface area contributed by atoms with E-state index in [4.69, 9.17) is 9.15 Å². The predicted molar refractivity (Wildman–Crippen MR) is 236 cm³/mol. The van der Waals surface area contributed by atoms with Gasteiger partial charge in [0, 0.05) is 69.7 Å². The number of imide groups is 1.